The van der Waals surface area contributed by atoms with E-state index in [1.807, 2.05) is 6.07 Å². The molecule has 0 amide bonds. The van der Waals surface area contributed by atoms with E-state index >= 15 is 0 Å². The molecule has 2 rings (SSSR count). The van der Waals surface area contributed by atoms with Crippen LogP contribution in [0.25, 0.3) is 0 Å². The standard InChI is InChI=1S/C13H16ClF/c14-9-12(11-4-2-5-11)7-10-3-1-6-13(15)8-10/h1,3,6,8,11-12H,2,4-5,7,9H2. The largest absolute Gasteiger partial charge is 0.207 e. The fourth-order valence-corrected chi connectivity index (χ4v) is 2.59. The van der Waals surface area contributed by atoms with Gasteiger partial charge in [0.2, 0.25) is 0 Å². The van der Waals surface area contributed by atoms with Crippen LogP contribution >= 0.6 is 11.6 Å². The van der Waals surface area contributed by atoms with Crippen LogP contribution in [0.5, 0.6) is 0 Å². The Morgan fingerprint density at radius 3 is 2.73 bits per heavy atom. The van der Waals surface area contributed by atoms with Gasteiger partial charge in [0, 0.05) is 5.88 Å². The summed E-state index contributed by atoms with van der Waals surface area (Å²) in [5, 5.41) is 0. The highest BCUT2D eigenvalue weighted by atomic mass is 35.5. The molecule has 0 radical (unpaired) electrons. The van der Waals surface area contributed by atoms with E-state index in [1.54, 1.807) is 12.1 Å². The van der Waals surface area contributed by atoms with Crippen molar-refractivity contribution in [1.82, 2.24) is 0 Å². The molecule has 0 saturated heterocycles. The van der Waals surface area contributed by atoms with Gasteiger partial charge >= 0.3 is 0 Å². The molecule has 0 bridgehead atoms. The highest BCUT2D eigenvalue weighted by Gasteiger charge is 2.26. The van der Waals surface area contributed by atoms with Gasteiger partial charge in [0.05, 0.1) is 0 Å². The van der Waals surface area contributed by atoms with Crippen LogP contribution in [-0.2, 0) is 6.42 Å². The first-order chi connectivity index (χ1) is 7.29. The van der Waals surface area contributed by atoms with E-state index in [-0.39, 0.29) is 5.82 Å². The summed E-state index contributed by atoms with van der Waals surface area (Å²) in [7, 11) is 0. The van der Waals surface area contributed by atoms with Crippen LogP contribution in [0, 0.1) is 17.7 Å². The zero-order chi connectivity index (χ0) is 10.7. The zero-order valence-corrected chi connectivity index (χ0v) is 9.51. The van der Waals surface area contributed by atoms with Gasteiger partial charge in [-0.2, -0.15) is 0 Å². The van der Waals surface area contributed by atoms with E-state index < -0.39 is 0 Å². The summed E-state index contributed by atoms with van der Waals surface area (Å²) in [4.78, 5) is 0. The van der Waals surface area contributed by atoms with Crippen LogP contribution < -0.4 is 0 Å². The third kappa shape index (κ3) is 2.72. The Morgan fingerprint density at radius 1 is 1.40 bits per heavy atom. The lowest BCUT2D eigenvalue weighted by Crippen LogP contribution is -2.25. The van der Waals surface area contributed by atoms with Crippen LogP contribution in [-0.4, -0.2) is 5.88 Å². The van der Waals surface area contributed by atoms with Crippen molar-refractivity contribution in [2.45, 2.75) is 25.7 Å². The lowest BCUT2D eigenvalue weighted by atomic mass is 9.74. The molecule has 1 unspecified atom stereocenters. The lowest BCUT2D eigenvalue weighted by molar-refractivity contribution is 0.222. The summed E-state index contributed by atoms with van der Waals surface area (Å²) in [6, 6.07) is 6.87. The number of hydrogen-bond donors (Lipinski definition) is 0. The minimum Gasteiger partial charge on any atom is -0.207 e. The minimum atomic E-state index is -0.144. The van der Waals surface area contributed by atoms with Crippen molar-refractivity contribution in [3.05, 3.63) is 35.6 Å². The van der Waals surface area contributed by atoms with Crippen LogP contribution in [0.15, 0.2) is 24.3 Å². The minimum absolute atomic E-state index is 0.144. The normalized spacial score (nSPS) is 18.5. The van der Waals surface area contributed by atoms with E-state index in [0.717, 1.165) is 17.9 Å². The molecule has 1 aromatic carbocycles. The van der Waals surface area contributed by atoms with Crippen LogP contribution in [0.1, 0.15) is 24.8 Å². The SMILES string of the molecule is Fc1cccc(CC(CCl)C2CCC2)c1. The molecule has 2 heteroatoms. The Balaban J connectivity index is 1.99. The van der Waals surface area contributed by atoms with Crippen molar-refractivity contribution in [2.24, 2.45) is 11.8 Å². The molecule has 0 N–H and O–H groups in total. The third-order valence-electron chi connectivity index (χ3n) is 3.40. The first-order valence-electron chi connectivity index (χ1n) is 5.60. The molecule has 1 atom stereocenters. The van der Waals surface area contributed by atoms with Gasteiger partial charge in [-0.15, -0.1) is 11.6 Å². The first kappa shape index (κ1) is 10.9. The van der Waals surface area contributed by atoms with Crippen molar-refractivity contribution >= 4 is 11.6 Å². The predicted molar refractivity (Wildman–Crippen MR) is 61.7 cm³/mol. The van der Waals surface area contributed by atoms with Gasteiger partial charge in [0.1, 0.15) is 5.82 Å². The van der Waals surface area contributed by atoms with E-state index in [2.05, 4.69) is 0 Å². The van der Waals surface area contributed by atoms with Crippen LogP contribution in [0.4, 0.5) is 4.39 Å². The lowest BCUT2D eigenvalue weighted by Gasteiger charge is -2.32. The summed E-state index contributed by atoms with van der Waals surface area (Å²) < 4.78 is 13.0. The number of hydrogen-bond acceptors (Lipinski definition) is 0. The molecule has 0 aliphatic heterocycles. The number of rotatable bonds is 4. The van der Waals surface area contributed by atoms with Crippen molar-refractivity contribution in [2.75, 3.05) is 5.88 Å². The van der Waals surface area contributed by atoms with Gasteiger partial charge in [0.15, 0.2) is 0 Å². The maximum atomic E-state index is 13.0. The second kappa shape index (κ2) is 4.98. The average molecular weight is 227 g/mol. The Morgan fingerprint density at radius 2 is 2.20 bits per heavy atom. The molecule has 1 aliphatic carbocycles. The second-order valence-electron chi connectivity index (χ2n) is 4.44. The van der Waals surface area contributed by atoms with E-state index in [1.165, 1.54) is 25.3 Å². The van der Waals surface area contributed by atoms with Crippen molar-refractivity contribution in [3.63, 3.8) is 0 Å². The molecule has 0 aromatic heterocycles. The molecular formula is C13H16ClF. The zero-order valence-electron chi connectivity index (χ0n) is 8.76. The average Bonchev–Trinajstić information content (AvgIpc) is 2.14. The molecule has 1 fully saturated rings. The predicted octanol–water partition coefficient (Wildman–Crippen LogP) is 4.02. The molecule has 15 heavy (non-hydrogen) atoms. The first-order valence-corrected chi connectivity index (χ1v) is 6.13. The Hall–Kier alpha value is -0.560. The summed E-state index contributed by atoms with van der Waals surface area (Å²) >= 11 is 5.97. The summed E-state index contributed by atoms with van der Waals surface area (Å²) in [5.41, 5.74) is 1.08. The molecule has 0 spiro atoms. The van der Waals surface area contributed by atoms with Gasteiger partial charge in [-0.1, -0.05) is 31.4 Å². The van der Waals surface area contributed by atoms with Gasteiger partial charge < -0.3 is 0 Å². The van der Waals surface area contributed by atoms with E-state index in [0.29, 0.717) is 11.8 Å². The fraction of sp³-hybridized carbons (Fsp3) is 0.538. The van der Waals surface area contributed by atoms with Gasteiger partial charge in [-0.25, -0.2) is 4.39 Å². The summed E-state index contributed by atoms with van der Waals surface area (Å²) in [6.07, 6.45) is 4.85. The van der Waals surface area contributed by atoms with Crippen LogP contribution in [0.3, 0.4) is 0 Å². The fourth-order valence-electron chi connectivity index (χ4n) is 2.23. The maximum Gasteiger partial charge on any atom is 0.123 e. The number of alkyl halides is 1. The third-order valence-corrected chi connectivity index (χ3v) is 3.80. The quantitative estimate of drug-likeness (QED) is 0.681. The summed E-state index contributed by atoms with van der Waals surface area (Å²) in [6.45, 7) is 0. The highest BCUT2D eigenvalue weighted by molar-refractivity contribution is 6.18. The highest BCUT2D eigenvalue weighted by Crippen LogP contribution is 2.35. The van der Waals surface area contributed by atoms with Crippen molar-refractivity contribution in [3.8, 4) is 0 Å². The molecular weight excluding hydrogens is 211 g/mol. The van der Waals surface area contributed by atoms with Gasteiger partial charge in [-0.3, -0.25) is 0 Å². The number of benzene rings is 1. The second-order valence-corrected chi connectivity index (χ2v) is 4.75. The Kier molecular flexibility index (Phi) is 3.63. The Labute approximate surface area is 95.4 Å². The van der Waals surface area contributed by atoms with E-state index in [4.69, 9.17) is 11.6 Å². The van der Waals surface area contributed by atoms with Crippen molar-refractivity contribution in [1.29, 1.82) is 0 Å². The molecule has 0 heterocycles. The van der Waals surface area contributed by atoms with Gasteiger partial charge in [-0.05, 0) is 36.0 Å². The topological polar surface area (TPSA) is 0 Å². The summed E-state index contributed by atoms with van der Waals surface area (Å²) in [5.74, 6) is 1.85. The maximum absolute atomic E-state index is 13.0. The number of halogens is 2. The van der Waals surface area contributed by atoms with E-state index in [9.17, 15) is 4.39 Å². The molecule has 1 aromatic rings. The molecule has 1 aliphatic rings. The van der Waals surface area contributed by atoms with Gasteiger partial charge in [0.25, 0.3) is 0 Å². The monoisotopic (exact) mass is 226 g/mol. The van der Waals surface area contributed by atoms with Crippen molar-refractivity contribution < 1.29 is 4.39 Å². The molecule has 0 nitrogen and oxygen atoms in total. The molecule has 1 saturated carbocycles. The van der Waals surface area contributed by atoms with Crippen LogP contribution in [0.2, 0.25) is 0 Å². The Bertz CT molecular complexity index is 320. The smallest absolute Gasteiger partial charge is 0.123 e. The molecule has 82 valence electrons.